The molecule has 1 fully saturated rings. The molecule has 1 atom stereocenters. The summed E-state index contributed by atoms with van der Waals surface area (Å²) in [6.45, 7) is 1.35. The van der Waals surface area contributed by atoms with Crippen LogP contribution >= 0.6 is 15.9 Å². The van der Waals surface area contributed by atoms with Gasteiger partial charge in [-0.3, -0.25) is 4.98 Å². The van der Waals surface area contributed by atoms with Gasteiger partial charge in [0.15, 0.2) is 0 Å². The molecule has 1 aliphatic rings. The molecule has 0 aromatic carbocycles. The smallest absolute Gasteiger partial charge is 0.214 e. The summed E-state index contributed by atoms with van der Waals surface area (Å²) in [4.78, 5) is 4.16. The molecule has 19 heavy (non-hydrogen) atoms. The summed E-state index contributed by atoms with van der Waals surface area (Å²) in [7, 11) is -3.13. The largest absolute Gasteiger partial charge is 0.261 e. The highest BCUT2D eigenvalue weighted by Gasteiger charge is 2.30. The van der Waals surface area contributed by atoms with Crippen molar-refractivity contribution in [3.8, 4) is 0 Å². The molecule has 0 saturated carbocycles. The zero-order valence-corrected chi connectivity index (χ0v) is 13.2. The fourth-order valence-electron chi connectivity index (χ4n) is 2.35. The van der Waals surface area contributed by atoms with E-state index in [4.69, 9.17) is 0 Å². The van der Waals surface area contributed by atoms with Crippen molar-refractivity contribution in [2.75, 3.05) is 24.2 Å². The number of hydrogen-bond acceptors (Lipinski definition) is 3. The number of pyridine rings is 1. The molecule has 0 aliphatic carbocycles. The minimum atomic E-state index is -3.13. The average molecular weight is 347 g/mol. The highest BCUT2D eigenvalue weighted by molar-refractivity contribution is 9.09. The average Bonchev–Trinajstić information content (AvgIpc) is 2.88. The fourth-order valence-corrected chi connectivity index (χ4v) is 4.54. The molecule has 1 aliphatic heterocycles. The standard InChI is InChI=1S/C13H19BrN2O2S/c14-7-4-12-5-9-16(11-12)19(17,18)10-6-13-3-1-2-8-15-13/h1-3,8,12H,4-7,9-11H2. The first kappa shape index (κ1) is 14.9. The fraction of sp³-hybridized carbons (Fsp3) is 0.615. The minimum absolute atomic E-state index is 0.158. The lowest BCUT2D eigenvalue weighted by Crippen LogP contribution is -2.31. The molecule has 0 amide bonds. The lowest BCUT2D eigenvalue weighted by Gasteiger charge is -2.16. The van der Waals surface area contributed by atoms with E-state index >= 15 is 0 Å². The topological polar surface area (TPSA) is 50.3 Å². The van der Waals surface area contributed by atoms with Crippen LogP contribution < -0.4 is 0 Å². The maximum Gasteiger partial charge on any atom is 0.214 e. The molecule has 1 unspecified atom stereocenters. The Labute approximate surface area is 123 Å². The van der Waals surface area contributed by atoms with Gasteiger partial charge in [-0.1, -0.05) is 22.0 Å². The number of alkyl halides is 1. The first-order chi connectivity index (χ1) is 9.12. The van der Waals surface area contributed by atoms with Crippen molar-refractivity contribution in [3.63, 3.8) is 0 Å². The molecule has 2 heterocycles. The van der Waals surface area contributed by atoms with E-state index in [0.717, 1.165) is 23.9 Å². The van der Waals surface area contributed by atoms with Gasteiger partial charge < -0.3 is 0 Å². The zero-order valence-electron chi connectivity index (χ0n) is 10.8. The van der Waals surface area contributed by atoms with Gasteiger partial charge in [0, 0.05) is 36.7 Å². The molecule has 106 valence electrons. The molecule has 0 spiro atoms. The van der Waals surface area contributed by atoms with E-state index in [0.29, 0.717) is 25.4 Å². The predicted octanol–water partition coefficient (Wildman–Crippen LogP) is 2.06. The van der Waals surface area contributed by atoms with Crippen molar-refractivity contribution in [3.05, 3.63) is 30.1 Å². The Morgan fingerprint density at radius 2 is 2.26 bits per heavy atom. The molecular weight excluding hydrogens is 328 g/mol. The summed E-state index contributed by atoms with van der Waals surface area (Å²) in [5.41, 5.74) is 0.835. The first-order valence-corrected chi connectivity index (χ1v) is 9.28. The summed E-state index contributed by atoms with van der Waals surface area (Å²) in [6.07, 6.45) is 4.22. The Morgan fingerprint density at radius 1 is 1.42 bits per heavy atom. The van der Waals surface area contributed by atoms with E-state index < -0.39 is 10.0 Å². The van der Waals surface area contributed by atoms with Gasteiger partial charge in [-0.2, -0.15) is 0 Å². The molecular formula is C13H19BrN2O2S. The monoisotopic (exact) mass is 346 g/mol. The molecule has 0 bridgehead atoms. The Bertz CT molecular complexity index is 493. The maximum atomic E-state index is 12.2. The molecule has 0 N–H and O–H groups in total. The third-order valence-electron chi connectivity index (χ3n) is 3.50. The lowest BCUT2D eigenvalue weighted by molar-refractivity contribution is 0.454. The van der Waals surface area contributed by atoms with Gasteiger partial charge in [0.1, 0.15) is 0 Å². The summed E-state index contributed by atoms with van der Waals surface area (Å²) in [5, 5.41) is 0.944. The number of aromatic nitrogens is 1. The van der Waals surface area contributed by atoms with E-state index in [1.54, 1.807) is 10.5 Å². The highest BCUT2D eigenvalue weighted by atomic mass is 79.9. The van der Waals surface area contributed by atoms with Crippen LogP contribution in [-0.2, 0) is 16.4 Å². The van der Waals surface area contributed by atoms with Crippen LogP contribution in [0.15, 0.2) is 24.4 Å². The second kappa shape index (κ2) is 6.81. The summed E-state index contributed by atoms with van der Waals surface area (Å²) >= 11 is 3.41. The zero-order chi connectivity index (χ0) is 13.7. The van der Waals surface area contributed by atoms with Gasteiger partial charge in [0.25, 0.3) is 0 Å². The van der Waals surface area contributed by atoms with Gasteiger partial charge >= 0.3 is 0 Å². The number of hydrogen-bond donors (Lipinski definition) is 0. The number of halogens is 1. The summed E-state index contributed by atoms with van der Waals surface area (Å²) in [5.74, 6) is 0.661. The van der Waals surface area contributed by atoms with Crippen LogP contribution in [0.1, 0.15) is 18.5 Å². The van der Waals surface area contributed by atoms with Crippen molar-refractivity contribution < 1.29 is 8.42 Å². The van der Waals surface area contributed by atoms with Crippen molar-refractivity contribution in [1.29, 1.82) is 0 Å². The summed E-state index contributed by atoms with van der Waals surface area (Å²) < 4.78 is 26.1. The van der Waals surface area contributed by atoms with E-state index in [-0.39, 0.29) is 5.75 Å². The first-order valence-electron chi connectivity index (χ1n) is 6.55. The molecule has 1 aromatic rings. The second-order valence-electron chi connectivity index (χ2n) is 4.88. The number of rotatable bonds is 6. The van der Waals surface area contributed by atoms with E-state index in [2.05, 4.69) is 20.9 Å². The van der Waals surface area contributed by atoms with Crippen LogP contribution in [0.5, 0.6) is 0 Å². The van der Waals surface area contributed by atoms with Gasteiger partial charge in [-0.15, -0.1) is 0 Å². The highest BCUT2D eigenvalue weighted by Crippen LogP contribution is 2.23. The van der Waals surface area contributed by atoms with Gasteiger partial charge in [-0.05, 0) is 30.9 Å². The van der Waals surface area contributed by atoms with Crippen LogP contribution in [0.4, 0.5) is 0 Å². The van der Waals surface area contributed by atoms with Crippen molar-refractivity contribution in [2.24, 2.45) is 5.92 Å². The van der Waals surface area contributed by atoms with Crippen LogP contribution in [0.3, 0.4) is 0 Å². The van der Waals surface area contributed by atoms with E-state index in [9.17, 15) is 8.42 Å². The third-order valence-corrected chi connectivity index (χ3v) is 5.80. The predicted molar refractivity (Wildman–Crippen MR) is 79.8 cm³/mol. The Kier molecular flexibility index (Phi) is 5.36. The van der Waals surface area contributed by atoms with Crippen LogP contribution in [0, 0.1) is 5.92 Å². The Morgan fingerprint density at radius 3 is 2.95 bits per heavy atom. The molecule has 0 radical (unpaired) electrons. The SMILES string of the molecule is O=S(=O)(CCc1ccccn1)N1CCC(CCBr)C1. The van der Waals surface area contributed by atoms with Crippen LogP contribution in [0.2, 0.25) is 0 Å². The van der Waals surface area contributed by atoms with Gasteiger partial charge in [0.2, 0.25) is 10.0 Å². The molecule has 2 rings (SSSR count). The number of aryl methyl sites for hydroxylation is 1. The number of sulfonamides is 1. The molecule has 4 nitrogen and oxygen atoms in total. The maximum absolute atomic E-state index is 12.2. The minimum Gasteiger partial charge on any atom is -0.261 e. The van der Waals surface area contributed by atoms with Crippen molar-refractivity contribution in [2.45, 2.75) is 19.3 Å². The van der Waals surface area contributed by atoms with Crippen molar-refractivity contribution >= 4 is 26.0 Å². The Balaban J connectivity index is 1.89. The van der Waals surface area contributed by atoms with Crippen LogP contribution in [-0.4, -0.2) is 41.9 Å². The normalized spacial score (nSPS) is 20.8. The summed E-state index contributed by atoms with van der Waals surface area (Å²) in [6, 6.07) is 5.59. The third kappa shape index (κ3) is 4.26. The number of nitrogens with zero attached hydrogens (tertiary/aromatic N) is 2. The Hall–Kier alpha value is -0.460. The quantitative estimate of drug-likeness (QED) is 0.740. The molecule has 1 aromatic heterocycles. The van der Waals surface area contributed by atoms with E-state index in [1.165, 1.54) is 0 Å². The second-order valence-corrected chi connectivity index (χ2v) is 7.76. The lowest BCUT2D eigenvalue weighted by atomic mass is 10.1. The van der Waals surface area contributed by atoms with Crippen LogP contribution in [0.25, 0.3) is 0 Å². The molecule has 6 heteroatoms. The van der Waals surface area contributed by atoms with E-state index in [1.807, 2.05) is 18.2 Å². The van der Waals surface area contributed by atoms with Gasteiger partial charge in [0.05, 0.1) is 5.75 Å². The molecule has 1 saturated heterocycles. The van der Waals surface area contributed by atoms with Crippen molar-refractivity contribution in [1.82, 2.24) is 9.29 Å². The van der Waals surface area contributed by atoms with Gasteiger partial charge in [-0.25, -0.2) is 12.7 Å².